The fraction of sp³-hybridized carbons (Fsp3) is 0.458. The van der Waals surface area contributed by atoms with Crippen molar-refractivity contribution in [3.05, 3.63) is 65.7 Å². The molecule has 0 saturated carbocycles. The van der Waals surface area contributed by atoms with Crippen LogP contribution in [0.5, 0.6) is 0 Å². The molecule has 2 N–H and O–H groups in total. The lowest BCUT2D eigenvalue weighted by Gasteiger charge is -2.39. The number of nitrogens with zero attached hydrogens (tertiary/aromatic N) is 2. The van der Waals surface area contributed by atoms with Gasteiger partial charge in [0.2, 0.25) is 15.9 Å². The van der Waals surface area contributed by atoms with Crippen LogP contribution in [0.1, 0.15) is 36.4 Å². The standard InChI is InChI=1S/C24H31N3O4S/c1-18(25)20-8-5-9-23(15-20)32(29,30)27-16-21(19-6-3-2-4-7-19)14-22(17-27)24(28)26-10-12-31-13-11-26/h2-9,15,18,21-22H,10-14,16-17,25H2,1H3/t18?,21-,22-/m0/s1. The molecule has 2 aliphatic rings. The number of sulfonamides is 1. The van der Waals surface area contributed by atoms with E-state index in [1.54, 1.807) is 18.2 Å². The van der Waals surface area contributed by atoms with Crippen LogP contribution in [0.3, 0.4) is 0 Å². The van der Waals surface area contributed by atoms with Crippen LogP contribution in [-0.2, 0) is 19.6 Å². The summed E-state index contributed by atoms with van der Waals surface area (Å²) in [6.07, 6.45) is 0.631. The van der Waals surface area contributed by atoms with Gasteiger partial charge in [-0.3, -0.25) is 4.79 Å². The lowest BCUT2D eigenvalue weighted by Crippen LogP contribution is -2.51. The molecule has 1 unspecified atom stereocenters. The zero-order chi connectivity index (χ0) is 22.7. The Balaban J connectivity index is 1.65. The Bertz CT molecular complexity index is 1040. The quantitative estimate of drug-likeness (QED) is 0.744. The Morgan fingerprint density at radius 2 is 1.78 bits per heavy atom. The summed E-state index contributed by atoms with van der Waals surface area (Å²) in [5.74, 6) is -0.428. The topological polar surface area (TPSA) is 92.9 Å². The number of ether oxygens (including phenoxy) is 1. The van der Waals surface area contributed by atoms with Crippen LogP contribution in [-0.4, -0.2) is 62.9 Å². The van der Waals surface area contributed by atoms with Crippen molar-refractivity contribution in [3.63, 3.8) is 0 Å². The maximum absolute atomic E-state index is 13.6. The van der Waals surface area contributed by atoms with Crippen molar-refractivity contribution < 1.29 is 17.9 Å². The Hall–Kier alpha value is -2.26. The normalized spacial score (nSPS) is 23.6. The van der Waals surface area contributed by atoms with Gasteiger partial charge < -0.3 is 15.4 Å². The summed E-state index contributed by atoms with van der Waals surface area (Å²) in [5.41, 5.74) is 7.80. The SMILES string of the molecule is CC(N)c1cccc(S(=O)(=O)N2C[C@@H](C(=O)N3CCOCC3)C[C@H](c3ccccc3)C2)c1. The van der Waals surface area contributed by atoms with E-state index in [0.29, 0.717) is 39.3 Å². The molecule has 2 aromatic carbocycles. The van der Waals surface area contributed by atoms with Crippen LogP contribution >= 0.6 is 0 Å². The Morgan fingerprint density at radius 1 is 1.06 bits per heavy atom. The van der Waals surface area contributed by atoms with Gasteiger partial charge >= 0.3 is 0 Å². The second kappa shape index (κ2) is 9.70. The van der Waals surface area contributed by atoms with Gasteiger partial charge in [-0.15, -0.1) is 0 Å². The lowest BCUT2D eigenvalue weighted by molar-refractivity contribution is -0.141. The number of carbonyl (C=O) groups excluding carboxylic acids is 1. The third kappa shape index (κ3) is 4.88. The van der Waals surface area contributed by atoms with Crippen molar-refractivity contribution >= 4 is 15.9 Å². The summed E-state index contributed by atoms with van der Waals surface area (Å²) in [5, 5.41) is 0. The van der Waals surface area contributed by atoms with Crippen molar-refractivity contribution in [2.24, 2.45) is 11.7 Å². The van der Waals surface area contributed by atoms with Gasteiger partial charge in [0.15, 0.2) is 0 Å². The highest BCUT2D eigenvalue weighted by molar-refractivity contribution is 7.89. The molecule has 0 aliphatic carbocycles. The molecule has 1 amide bonds. The molecule has 0 aromatic heterocycles. The molecule has 2 heterocycles. The zero-order valence-corrected chi connectivity index (χ0v) is 19.2. The van der Waals surface area contributed by atoms with E-state index in [4.69, 9.17) is 10.5 Å². The first-order valence-electron chi connectivity index (χ1n) is 11.1. The van der Waals surface area contributed by atoms with Gasteiger partial charge in [-0.2, -0.15) is 4.31 Å². The van der Waals surface area contributed by atoms with Crippen molar-refractivity contribution in [2.45, 2.75) is 30.2 Å². The van der Waals surface area contributed by atoms with Crippen LogP contribution in [0.4, 0.5) is 0 Å². The van der Waals surface area contributed by atoms with Gasteiger partial charge in [-0.05, 0) is 42.5 Å². The van der Waals surface area contributed by atoms with E-state index in [-0.39, 0.29) is 29.3 Å². The molecular weight excluding hydrogens is 426 g/mol. The largest absolute Gasteiger partial charge is 0.378 e. The summed E-state index contributed by atoms with van der Waals surface area (Å²) in [4.78, 5) is 15.3. The van der Waals surface area contributed by atoms with E-state index in [0.717, 1.165) is 11.1 Å². The van der Waals surface area contributed by atoms with Gasteiger partial charge in [0.1, 0.15) is 0 Å². The van der Waals surface area contributed by atoms with Crippen LogP contribution in [0.25, 0.3) is 0 Å². The second-order valence-electron chi connectivity index (χ2n) is 8.66. The molecule has 2 aliphatic heterocycles. The number of piperidine rings is 1. The number of nitrogens with two attached hydrogens (primary N) is 1. The maximum Gasteiger partial charge on any atom is 0.243 e. The molecule has 0 spiro atoms. The zero-order valence-electron chi connectivity index (χ0n) is 18.4. The molecule has 32 heavy (non-hydrogen) atoms. The monoisotopic (exact) mass is 457 g/mol. The van der Waals surface area contributed by atoms with Gasteiger partial charge in [-0.25, -0.2) is 8.42 Å². The Labute approximate surface area is 190 Å². The highest BCUT2D eigenvalue weighted by atomic mass is 32.2. The molecule has 2 aromatic rings. The van der Waals surface area contributed by atoms with Crippen molar-refractivity contribution in [1.82, 2.24) is 9.21 Å². The number of carbonyl (C=O) groups is 1. The number of amides is 1. The number of benzene rings is 2. The molecule has 172 valence electrons. The average molecular weight is 458 g/mol. The lowest BCUT2D eigenvalue weighted by atomic mass is 9.85. The van der Waals surface area contributed by atoms with Crippen LogP contribution in [0.2, 0.25) is 0 Å². The van der Waals surface area contributed by atoms with E-state index >= 15 is 0 Å². The van der Waals surface area contributed by atoms with E-state index < -0.39 is 15.9 Å². The van der Waals surface area contributed by atoms with Crippen LogP contribution in [0.15, 0.2) is 59.5 Å². The molecule has 8 heteroatoms. The Kier molecular flexibility index (Phi) is 6.95. The van der Waals surface area contributed by atoms with Gasteiger partial charge in [0, 0.05) is 32.2 Å². The molecule has 2 fully saturated rings. The van der Waals surface area contributed by atoms with Crippen molar-refractivity contribution in [2.75, 3.05) is 39.4 Å². The molecular formula is C24H31N3O4S. The maximum atomic E-state index is 13.6. The minimum Gasteiger partial charge on any atom is -0.378 e. The second-order valence-corrected chi connectivity index (χ2v) is 10.6. The fourth-order valence-electron chi connectivity index (χ4n) is 4.55. The number of rotatable bonds is 5. The number of hydrogen-bond donors (Lipinski definition) is 1. The molecule has 2 saturated heterocycles. The molecule has 4 rings (SSSR count). The third-order valence-corrected chi connectivity index (χ3v) is 8.21. The minimum absolute atomic E-state index is 0.0125. The van der Waals surface area contributed by atoms with E-state index in [2.05, 4.69) is 0 Å². The first kappa shape index (κ1) is 22.9. The summed E-state index contributed by atoms with van der Waals surface area (Å²) in [6.45, 7) is 4.50. The van der Waals surface area contributed by atoms with Crippen LogP contribution < -0.4 is 5.73 Å². The summed E-state index contributed by atoms with van der Waals surface area (Å²) < 4.78 is 34.1. The number of hydrogen-bond acceptors (Lipinski definition) is 5. The molecule has 3 atom stereocenters. The first-order valence-corrected chi connectivity index (χ1v) is 12.6. The van der Waals surface area contributed by atoms with E-state index in [1.807, 2.05) is 48.2 Å². The smallest absolute Gasteiger partial charge is 0.243 e. The predicted octanol–water partition coefficient (Wildman–Crippen LogP) is 2.36. The van der Waals surface area contributed by atoms with Gasteiger partial charge in [-0.1, -0.05) is 42.5 Å². The molecule has 0 bridgehead atoms. The highest BCUT2D eigenvalue weighted by Crippen LogP contribution is 2.34. The highest BCUT2D eigenvalue weighted by Gasteiger charge is 2.39. The summed E-state index contributed by atoms with van der Waals surface area (Å²) in [7, 11) is -3.77. The number of morpholine rings is 1. The van der Waals surface area contributed by atoms with Crippen molar-refractivity contribution in [1.29, 1.82) is 0 Å². The minimum atomic E-state index is -3.77. The van der Waals surface area contributed by atoms with Crippen LogP contribution in [0, 0.1) is 5.92 Å². The summed E-state index contributed by atoms with van der Waals surface area (Å²) in [6, 6.07) is 16.4. The van der Waals surface area contributed by atoms with Gasteiger partial charge in [0.25, 0.3) is 0 Å². The van der Waals surface area contributed by atoms with Gasteiger partial charge in [0.05, 0.1) is 24.0 Å². The predicted molar refractivity (Wildman–Crippen MR) is 122 cm³/mol. The van der Waals surface area contributed by atoms with Crippen molar-refractivity contribution in [3.8, 4) is 0 Å². The first-order chi connectivity index (χ1) is 15.4. The van der Waals surface area contributed by atoms with E-state index in [9.17, 15) is 13.2 Å². The fourth-order valence-corrected chi connectivity index (χ4v) is 6.14. The molecule has 7 nitrogen and oxygen atoms in total. The average Bonchev–Trinajstić information content (AvgIpc) is 2.84. The Morgan fingerprint density at radius 3 is 2.47 bits per heavy atom. The third-order valence-electron chi connectivity index (χ3n) is 6.38. The molecule has 0 radical (unpaired) electrons. The van der Waals surface area contributed by atoms with E-state index in [1.165, 1.54) is 4.31 Å². The summed E-state index contributed by atoms with van der Waals surface area (Å²) >= 11 is 0.